The molecule has 0 amide bonds. The maximum atomic E-state index is 12.1. The molecule has 2 heterocycles. The Morgan fingerprint density at radius 2 is 2.13 bits per heavy atom. The zero-order valence-electron chi connectivity index (χ0n) is 13.1. The number of nitrogens with zero attached hydrogens (tertiary/aromatic N) is 1. The predicted molar refractivity (Wildman–Crippen MR) is 83.9 cm³/mol. The van der Waals surface area contributed by atoms with Crippen LogP contribution in [0.15, 0.2) is 40.9 Å². The van der Waals surface area contributed by atoms with Crippen LogP contribution in [0.5, 0.6) is 0 Å². The maximum Gasteiger partial charge on any atom is 0.184 e. The van der Waals surface area contributed by atoms with E-state index in [-0.39, 0.29) is 5.78 Å². The Hall–Kier alpha value is -1.98. The molecule has 3 rings (SSSR count). The summed E-state index contributed by atoms with van der Waals surface area (Å²) >= 11 is 0. The third-order valence-corrected chi connectivity index (χ3v) is 4.00. The van der Waals surface area contributed by atoms with E-state index in [1.54, 1.807) is 6.07 Å². The molecule has 2 aromatic rings. The molecule has 1 aromatic heterocycles. The van der Waals surface area contributed by atoms with Crippen LogP contribution in [-0.2, 0) is 22.7 Å². The minimum Gasteiger partial charge on any atom is -0.381 e. The van der Waals surface area contributed by atoms with Crippen LogP contribution >= 0.6 is 0 Å². The number of Topliss-reactive ketones (excluding diaryl/α,β-unsaturated/α-hetero) is 1. The first-order chi connectivity index (χ1) is 11.3. The van der Waals surface area contributed by atoms with Crippen molar-refractivity contribution in [2.75, 3.05) is 13.2 Å². The average molecular weight is 315 g/mol. The summed E-state index contributed by atoms with van der Waals surface area (Å²) in [7, 11) is 0. The van der Waals surface area contributed by atoms with Crippen LogP contribution < -0.4 is 0 Å². The molecule has 1 aliphatic heterocycles. The number of carbonyl (C=O) groups excluding carboxylic acids is 1. The zero-order chi connectivity index (χ0) is 15.9. The van der Waals surface area contributed by atoms with Gasteiger partial charge in [0.15, 0.2) is 11.5 Å². The third kappa shape index (κ3) is 4.74. The van der Waals surface area contributed by atoms with Gasteiger partial charge in [0, 0.05) is 25.7 Å². The number of aromatic nitrogens is 1. The zero-order valence-corrected chi connectivity index (χ0v) is 13.1. The molecule has 122 valence electrons. The molecule has 0 saturated carbocycles. The Bertz CT molecular complexity index is 617. The lowest BCUT2D eigenvalue weighted by atomic mass is 10.00. The smallest absolute Gasteiger partial charge is 0.184 e. The van der Waals surface area contributed by atoms with Gasteiger partial charge in [-0.2, -0.15) is 0 Å². The van der Waals surface area contributed by atoms with Gasteiger partial charge in [-0.05, 0) is 24.3 Å². The molecule has 0 aliphatic carbocycles. The quantitative estimate of drug-likeness (QED) is 0.699. The van der Waals surface area contributed by atoms with E-state index in [2.05, 4.69) is 5.16 Å². The lowest BCUT2D eigenvalue weighted by Gasteiger charge is -2.04. The van der Waals surface area contributed by atoms with Gasteiger partial charge < -0.3 is 14.0 Å². The van der Waals surface area contributed by atoms with Crippen molar-refractivity contribution in [1.82, 2.24) is 5.16 Å². The minimum absolute atomic E-state index is 0.0231. The summed E-state index contributed by atoms with van der Waals surface area (Å²) < 4.78 is 16.1. The fourth-order valence-electron chi connectivity index (χ4n) is 2.63. The molecular weight excluding hydrogens is 294 g/mol. The van der Waals surface area contributed by atoms with E-state index in [0.29, 0.717) is 37.0 Å². The van der Waals surface area contributed by atoms with Crippen molar-refractivity contribution < 1.29 is 18.8 Å². The van der Waals surface area contributed by atoms with Gasteiger partial charge in [0.05, 0.1) is 6.61 Å². The molecule has 0 bridgehead atoms. The highest BCUT2D eigenvalue weighted by Crippen LogP contribution is 2.19. The van der Waals surface area contributed by atoms with Crippen molar-refractivity contribution in [2.24, 2.45) is 5.92 Å². The van der Waals surface area contributed by atoms with Crippen LogP contribution in [-0.4, -0.2) is 24.2 Å². The lowest BCUT2D eigenvalue weighted by molar-refractivity contribution is 0.0879. The van der Waals surface area contributed by atoms with Crippen molar-refractivity contribution in [1.29, 1.82) is 0 Å². The fraction of sp³-hybridized carbons (Fsp3) is 0.444. The fourth-order valence-corrected chi connectivity index (χ4v) is 2.63. The predicted octanol–water partition coefficient (Wildman–Crippen LogP) is 3.39. The lowest BCUT2D eigenvalue weighted by Crippen LogP contribution is -2.05. The van der Waals surface area contributed by atoms with E-state index in [1.165, 1.54) is 0 Å². The van der Waals surface area contributed by atoms with Gasteiger partial charge in [-0.1, -0.05) is 35.5 Å². The van der Waals surface area contributed by atoms with Crippen molar-refractivity contribution >= 4 is 5.78 Å². The summed E-state index contributed by atoms with van der Waals surface area (Å²) in [6.45, 7) is 2.40. The van der Waals surface area contributed by atoms with Crippen LogP contribution in [0.25, 0.3) is 0 Å². The summed E-state index contributed by atoms with van der Waals surface area (Å²) in [5.74, 6) is 1.10. The van der Waals surface area contributed by atoms with E-state index >= 15 is 0 Å². The van der Waals surface area contributed by atoms with E-state index in [1.807, 2.05) is 30.3 Å². The molecule has 1 aliphatic rings. The minimum atomic E-state index is 0.0231. The summed E-state index contributed by atoms with van der Waals surface area (Å²) in [5, 5.41) is 3.85. The van der Waals surface area contributed by atoms with E-state index in [0.717, 1.165) is 31.6 Å². The van der Waals surface area contributed by atoms with Gasteiger partial charge in [0.2, 0.25) is 0 Å². The van der Waals surface area contributed by atoms with Crippen molar-refractivity contribution in [3.05, 3.63) is 53.4 Å². The Morgan fingerprint density at radius 3 is 2.91 bits per heavy atom. The number of hydrogen-bond donors (Lipinski definition) is 0. The highest BCUT2D eigenvalue weighted by Gasteiger charge is 2.19. The van der Waals surface area contributed by atoms with Gasteiger partial charge in [-0.3, -0.25) is 4.79 Å². The molecule has 5 nitrogen and oxygen atoms in total. The Kier molecular flexibility index (Phi) is 5.56. The number of benzene rings is 1. The monoisotopic (exact) mass is 315 g/mol. The van der Waals surface area contributed by atoms with Crippen LogP contribution in [0, 0.1) is 5.92 Å². The second kappa shape index (κ2) is 8.04. The molecule has 0 spiro atoms. The molecule has 0 radical (unpaired) electrons. The summed E-state index contributed by atoms with van der Waals surface area (Å²) in [6, 6.07) is 11.6. The number of rotatable bonds is 8. The highest BCUT2D eigenvalue weighted by atomic mass is 16.5. The molecular formula is C18H21NO4. The second-order valence-corrected chi connectivity index (χ2v) is 5.85. The number of ether oxygens (including phenoxy) is 2. The number of hydrogen-bond acceptors (Lipinski definition) is 5. The van der Waals surface area contributed by atoms with Crippen LogP contribution in [0.3, 0.4) is 0 Å². The first kappa shape index (κ1) is 15.9. The Balaban J connectivity index is 1.42. The molecule has 5 heteroatoms. The SMILES string of the molecule is O=C(CC[C@@H]1CCOC1)c1cc(COCc2ccccc2)on1. The van der Waals surface area contributed by atoms with Crippen LogP contribution in [0.4, 0.5) is 0 Å². The third-order valence-electron chi connectivity index (χ3n) is 4.00. The topological polar surface area (TPSA) is 61.6 Å². The van der Waals surface area contributed by atoms with Gasteiger partial charge in [-0.25, -0.2) is 0 Å². The van der Waals surface area contributed by atoms with Gasteiger partial charge in [0.1, 0.15) is 12.3 Å². The average Bonchev–Trinajstić information content (AvgIpc) is 3.25. The molecule has 1 aromatic carbocycles. The molecule has 1 fully saturated rings. The van der Waals surface area contributed by atoms with Crippen molar-refractivity contribution in [2.45, 2.75) is 32.5 Å². The largest absolute Gasteiger partial charge is 0.381 e. The summed E-state index contributed by atoms with van der Waals surface area (Å²) in [5.41, 5.74) is 1.49. The highest BCUT2D eigenvalue weighted by molar-refractivity contribution is 5.94. The molecule has 1 saturated heterocycles. The molecule has 0 N–H and O–H groups in total. The second-order valence-electron chi connectivity index (χ2n) is 5.85. The maximum absolute atomic E-state index is 12.1. The molecule has 23 heavy (non-hydrogen) atoms. The first-order valence-corrected chi connectivity index (χ1v) is 7.99. The Morgan fingerprint density at radius 1 is 1.26 bits per heavy atom. The van der Waals surface area contributed by atoms with Crippen molar-refractivity contribution in [3.8, 4) is 0 Å². The molecule has 1 atom stereocenters. The van der Waals surface area contributed by atoms with Gasteiger partial charge in [0.25, 0.3) is 0 Å². The number of carbonyl (C=O) groups is 1. The van der Waals surface area contributed by atoms with Crippen molar-refractivity contribution in [3.63, 3.8) is 0 Å². The van der Waals surface area contributed by atoms with Gasteiger partial charge >= 0.3 is 0 Å². The summed E-state index contributed by atoms with van der Waals surface area (Å²) in [4.78, 5) is 12.1. The van der Waals surface area contributed by atoms with Gasteiger partial charge in [-0.15, -0.1) is 0 Å². The van der Waals surface area contributed by atoms with E-state index in [4.69, 9.17) is 14.0 Å². The van der Waals surface area contributed by atoms with E-state index in [9.17, 15) is 4.79 Å². The Labute approximate surface area is 135 Å². The van der Waals surface area contributed by atoms with Crippen LogP contribution in [0.2, 0.25) is 0 Å². The van der Waals surface area contributed by atoms with Crippen LogP contribution in [0.1, 0.15) is 41.1 Å². The molecule has 0 unspecified atom stereocenters. The summed E-state index contributed by atoms with van der Waals surface area (Å²) in [6.07, 6.45) is 2.39. The normalized spacial score (nSPS) is 17.5. The first-order valence-electron chi connectivity index (χ1n) is 7.99. The number of ketones is 1. The van der Waals surface area contributed by atoms with E-state index < -0.39 is 0 Å². The standard InChI is InChI=1S/C18H21NO4/c20-18(7-6-15-8-9-21-11-15)17-10-16(23-19-17)13-22-12-14-4-2-1-3-5-14/h1-5,10,15H,6-9,11-13H2/t15-/m1/s1.